The van der Waals surface area contributed by atoms with E-state index in [0.29, 0.717) is 0 Å². The molecule has 42 heavy (non-hydrogen) atoms. The van der Waals surface area contributed by atoms with Crippen LogP contribution in [0.3, 0.4) is 0 Å². The molecular weight excluding hydrogens is 532 g/mol. The Morgan fingerprint density at radius 3 is 2.17 bits per heavy atom. The lowest BCUT2D eigenvalue weighted by Gasteiger charge is -2.32. The van der Waals surface area contributed by atoms with Crippen molar-refractivity contribution in [2.24, 2.45) is 5.92 Å². The number of carboxylic acids is 1. The first-order chi connectivity index (χ1) is 20.4. The molecule has 3 aromatic rings. The molecule has 3 aromatic carbocycles. The quantitative estimate of drug-likeness (QED) is 0.275. The van der Waals surface area contributed by atoms with Crippen molar-refractivity contribution >= 4 is 18.0 Å². The van der Waals surface area contributed by atoms with Gasteiger partial charge >= 0.3 is 12.1 Å². The molecule has 8 nitrogen and oxygen atoms in total. The maximum Gasteiger partial charge on any atom is 0.407 e. The Hall–Kier alpha value is -4.17. The van der Waals surface area contributed by atoms with Crippen molar-refractivity contribution in [3.05, 3.63) is 95.6 Å². The van der Waals surface area contributed by atoms with Gasteiger partial charge in [-0.15, -0.1) is 0 Å². The maximum atomic E-state index is 13.0. The molecule has 2 aliphatic rings. The Balaban J connectivity index is 1.14. The van der Waals surface area contributed by atoms with E-state index in [1.807, 2.05) is 54.6 Å². The van der Waals surface area contributed by atoms with Crippen molar-refractivity contribution in [1.29, 1.82) is 0 Å². The van der Waals surface area contributed by atoms with E-state index in [1.54, 1.807) is 6.92 Å². The summed E-state index contributed by atoms with van der Waals surface area (Å²) >= 11 is 0. The minimum atomic E-state index is -1.18. The first-order valence-electron chi connectivity index (χ1n) is 14.7. The minimum absolute atomic E-state index is 0.0323. The van der Waals surface area contributed by atoms with Gasteiger partial charge in [-0.05, 0) is 53.5 Å². The number of ether oxygens (including phenoxy) is 2. The van der Waals surface area contributed by atoms with Crippen molar-refractivity contribution in [1.82, 2.24) is 10.6 Å². The molecule has 2 aliphatic carbocycles. The molecule has 0 heterocycles. The number of carboxylic acid groups (broad SMARTS) is 1. The molecule has 0 aromatic heterocycles. The summed E-state index contributed by atoms with van der Waals surface area (Å²) in [7, 11) is 0. The monoisotopic (exact) mass is 570 g/mol. The van der Waals surface area contributed by atoms with Crippen molar-refractivity contribution < 1.29 is 29.0 Å². The van der Waals surface area contributed by atoms with E-state index in [4.69, 9.17) is 9.47 Å². The van der Waals surface area contributed by atoms with Gasteiger partial charge in [0.05, 0.1) is 12.7 Å². The van der Waals surface area contributed by atoms with Crippen LogP contribution in [0.25, 0.3) is 11.1 Å². The molecule has 2 amide bonds. The first-order valence-corrected chi connectivity index (χ1v) is 14.7. The number of aliphatic carboxylic acids is 1. The van der Waals surface area contributed by atoms with E-state index >= 15 is 0 Å². The Morgan fingerprint density at radius 1 is 0.881 bits per heavy atom. The van der Waals surface area contributed by atoms with Gasteiger partial charge in [-0.3, -0.25) is 4.79 Å². The fourth-order valence-electron chi connectivity index (χ4n) is 6.18. The van der Waals surface area contributed by atoms with Gasteiger partial charge in [-0.25, -0.2) is 9.59 Å². The third-order valence-electron chi connectivity index (χ3n) is 8.41. The lowest BCUT2D eigenvalue weighted by molar-refractivity contribution is -0.146. The number of benzene rings is 3. The molecule has 0 spiro atoms. The van der Waals surface area contributed by atoms with Gasteiger partial charge in [-0.1, -0.05) is 91.7 Å². The molecule has 2 unspecified atom stereocenters. The minimum Gasteiger partial charge on any atom is -0.480 e. The van der Waals surface area contributed by atoms with Crippen molar-refractivity contribution in [2.45, 2.75) is 69.7 Å². The number of rotatable bonds is 11. The van der Waals surface area contributed by atoms with Gasteiger partial charge in [0.1, 0.15) is 6.61 Å². The smallest absolute Gasteiger partial charge is 0.407 e. The second kappa shape index (κ2) is 13.7. The molecule has 1 fully saturated rings. The number of fused-ring (bicyclic) bond motifs is 3. The van der Waals surface area contributed by atoms with Crippen LogP contribution >= 0.6 is 0 Å². The van der Waals surface area contributed by atoms with E-state index in [1.165, 1.54) is 11.1 Å². The molecule has 220 valence electrons. The van der Waals surface area contributed by atoms with Crippen LogP contribution in [-0.2, 0) is 25.7 Å². The van der Waals surface area contributed by atoms with Crippen molar-refractivity contribution in [3.8, 4) is 11.1 Å². The lowest BCUT2D eigenvalue weighted by Crippen LogP contribution is -2.50. The number of carbonyl (C=O) groups excluding carboxylic acids is 2. The first kappa shape index (κ1) is 29.3. The predicted molar refractivity (Wildman–Crippen MR) is 159 cm³/mol. The largest absolute Gasteiger partial charge is 0.480 e. The third-order valence-corrected chi connectivity index (χ3v) is 8.41. The average molecular weight is 571 g/mol. The highest BCUT2D eigenvalue weighted by molar-refractivity contribution is 5.84. The number of amides is 2. The highest BCUT2D eigenvalue weighted by atomic mass is 16.5. The molecular formula is C34H38N2O6. The van der Waals surface area contributed by atoms with E-state index in [9.17, 15) is 19.5 Å². The van der Waals surface area contributed by atoms with Crippen LogP contribution in [0.5, 0.6) is 0 Å². The number of hydrogen-bond acceptors (Lipinski definition) is 5. The molecule has 0 bridgehead atoms. The summed E-state index contributed by atoms with van der Waals surface area (Å²) in [5, 5.41) is 15.4. The number of nitrogens with one attached hydrogen (secondary N) is 2. The van der Waals surface area contributed by atoms with Crippen LogP contribution in [0.1, 0.15) is 61.6 Å². The average Bonchev–Trinajstić information content (AvgIpc) is 3.32. The molecule has 3 N–H and O–H groups in total. The van der Waals surface area contributed by atoms with E-state index in [0.717, 1.165) is 42.4 Å². The second-order valence-electron chi connectivity index (χ2n) is 11.2. The lowest BCUT2D eigenvalue weighted by atomic mass is 9.82. The number of hydrogen-bond donors (Lipinski definition) is 3. The van der Waals surface area contributed by atoms with Gasteiger partial charge < -0.3 is 25.2 Å². The zero-order valence-electron chi connectivity index (χ0n) is 23.8. The summed E-state index contributed by atoms with van der Waals surface area (Å²) in [6.07, 6.45) is 2.27. The number of alkyl carbamates (subject to hydrolysis) is 1. The Bertz CT molecular complexity index is 1350. The topological polar surface area (TPSA) is 114 Å². The van der Waals surface area contributed by atoms with Gasteiger partial charge in [0.25, 0.3) is 0 Å². The van der Waals surface area contributed by atoms with Crippen LogP contribution in [0.15, 0.2) is 78.9 Å². The fourth-order valence-corrected chi connectivity index (χ4v) is 6.18. The molecule has 0 aliphatic heterocycles. The Labute approximate surface area is 246 Å². The van der Waals surface area contributed by atoms with Crippen molar-refractivity contribution in [2.75, 3.05) is 6.61 Å². The molecule has 5 rings (SSSR count). The fraction of sp³-hybridized carbons (Fsp3) is 0.382. The summed E-state index contributed by atoms with van der Waals surface area (Å²) in [6, 6.07) is 24.4. The summed E-state index contributed by atoms with van der Waals surface area (Å²) in [4.78, 5) is 37.9. The van der Waals surface area contributed by atoms with Gasteiger partial charge in [0.15, 0.2) is 6.04 Å². The van der Waals surface area contributed by atoms with Crippen LogP contribution in [0.2, 0.25) is 0 Å². The van der Waals surface area contributed by atoms with Crippen LogP contribution in [0.4, 0.5) is 4.79 Å². The molecule has 0 radical (unpaired) electrons. The second-order valence-corrected chi connectivity index (χ2v) is 11.2. The molecule has 1 saturated carbocycles. The highest BCUT2D eigenvalue weighted by Crippen LogP contribution is 2.44. The zero-order chi connectivity index (χ0) is 29.5. The van der Waals surface area contributed by atoms with Crippen LogP contribution in [-0.4, -0.2) is 47.9 Å². The van der Waals surface area contributed by atoms with Crippen LogP contribution in [0, 0.1) is 5.92 Å². The summed E-state index contributed by atoms with van der Waals surface area (Å²) < 4.78 is 11.5. The molecule has 4 atom stereocenters. The normalized spacial score (nSPS) is 19.2. The van der Waals surface area contributed by atoms with E-state index in [-0.39, 0.29) is 43.4 Å². The third kappa shape index (κ3) is 6.99. The summed E-state index contributed by atoms with van der Waals surface area (Å²) in [6.45, 7) is 2.11. The van der Waals surface area contributed by atoms with Gasteiger partial charge in [-0.2, -0.15) is 0 Å². The highest BCUT2D eigenvalue weighted by Gasteiger charge is 2.33. The molecule has 8 heteroatoms. The Morgan fingerprint density at radius 2 is 1.50 bits per heavy atom. The maximum absolute atomic E-state index is 13.0. The predicted octanol–water partition coefficient (Wildman–Crippen LogP) is 5.65. The van der Waals surface area contributed by atoms with Crippen molar-refractivity contribution in [3.63, 3.8) is 0 Å². The van der Waals surface area contributed by atoms with E-state index < -0.39 is 24.2 Å². The van der Waals surface area contributed by atoms with Crippen LogP contribution < -0.4 is 10.6 Å². The van der Waals surface area contributed by atoms with E-state index in [2.05, 4.69) is 34.9 Å². The summed E-state index contributed by atoms with van der Waals surface area (Å²) in [5.74, 6) is -1.67. The van der Waals surface area contributed by atoms with Gasteiger partial charge in [0.2, 0.25) is 5.91 Å². The Kier molecular flexibility index (Phi) is 9.54. The van der Waals surface area contributed by atoms with Gasteiger partial charge in [0, 0.05) is 18.4 Å². The standard InChI is InChI=1S/C34H38N2O6/c1-22(41-20-23-11-3-2-4-12-23)32(33(38)39)36-31(37)19-24-13-5-10-18-30(24)35-34(40)42-21-29-27-16-8-6-14-25(27)26-15-7-9-17-28(26)29/h2-4,6-9,11-12,14-17,22,24,29-30,32H,5,10,13,18-21H2,1H3,(H,35,40)(H,36,37)(H,38,39)/t22-,24?,30?,32+/m0/s1. The number of carbonyl (C=O) groups is 3. The summed E-state index contributed by atoms with van der Waals surface area (Å²) in [5.41, 5.74) is 5.55. The molecule has 0 saturated heterocycles. The SMILES string of the molecule is C[C@H](OCc1ccccc1)[C@@H](NC(=O)CC1CCCCC1NC(=O)OCC1c2ccccc2-c2ccccc21)C(=O)O. The zero-order valence-corrected chi connectivity index (χ0v) is 23.8.